The van der Waals surface area contributed by atoms with Crippen molar-refractivity contribution in [3.63, 3.8) is 0 Å². The minimum absolute atomic E-state index is 0.210. The maximum absolute atomic E-state index is 12.4. The predicted molar refractivity (Wildman–Crippen MR) is 148 cm³/mol. The number of carbonyl (C=O) groups excluding carboxylic acids is 1. The molecule has 4 atom stereocenters. The van der Waals surface area contributed by atoms with Gasteiger partial charge in [0.05, 0.1) is 17.9 Å². The van der Waals surface area contributed by atoms with Gasteiger partial charge in [-0.3, -0.25) is 4.79 Å². The lowest BCUT2D eigenvalue weighted by Crippen LogP contribution is -2.59. The maximum Gasteiger partial charge on any atom is 0.494 e. The lowest BCUT2D eigenvalue weighted by molar-refractivity contribution is -0.150. The van der Waals surface area contributed by atoms with Crippen LogP contribution in [0.1, 0.15) is 55.1 Å². The predicted octanol–water partition coefficient (Wildman–Crippen LogP) is 4.96. The number of hydrogen-bond acceptors (Lipinski definition) is 5. The molecule has 3 aromatic rings. The van der Waals surface area contributed by atoms with Crippen LogP contribution < -0.4 is 15.6 Å². The Morgan fingerprint density at radius 1 is 1.00 bits per heavy atom. The second kappa shape index (κ2) is 10.0. The molecule has 3 saturated carbocycles. The molecule has 0 radical (unpaired) electrons. The molecule has 1 N–H and O–H groups in total. The largest absolute Gasteiger partial charge is 0.494 e. The van der Waals surface area contributed by atoms with Crippen LogP contribution in [0.5, 0.6) is 5.75 Å². The molecule has 6 nitrogen and oxygen atoms in total. The van der Waals surface area contributed by atoms with Gasteiger partial charge in [-0.25, -0.2) is 5.43 Å². The van der Waals surface area contributed by atoms with E-state index in [0.29, 0.717) is 35.0 Å². The molecule has 7 rings (SSSR count). The van der Waals surface area contributed by atoms with E-state index in [1.807, 2.05) is 49.4 Å². The molecule has 7 heteroatoms. The summed E-state index contributed by atoms with van der Waals surface area (Å²) >= 11 is 0. The zero-order valence-corrected chi connectivity index (χ0v) is 22.1. The van der Waals surface area contributed by atoms with Gasteiger partial charge in [0.2, 0.25) is 0 Å². The van der Waals surface area contributed by atoms with E-state index in [9.17, 15) is 4.79 Å². The van der Waals surface area contributed by atoms with Gasteiger partial charge >= 0.3 is 7.12 Å². The van der Waals surface area contributed by atoms with Crippen LogP contribution in [0.3, 0.4) is 0 Å². The highest BCUT2D eigenvalue weighted by atomic mass is 16.7. The fourth-order valence-corrected chi connectivity index (χ4v) is 6.17. The summed E-state index contributed by atoms with van der Waals surface area (Å²) in [6.07, 6.45) is 2.81. The molecule has 38 heavy (non-hydrogen) atoms. The van der Waals surface area contributed by atoms with Crippen LogP contribution in [0, 0.1) is 17.3 Å². The van der Waals surface area contributed by atoms with Gasteiger partial charge in [0.1, 0.15) is 12.4 Å². The van der Waals surface area contributed by atoms with Gasteiger partial charge in [-0.15, -0.1) is 0 Å². The summed E-state index contributed by atoms with van der Waals surface area (Å²) in [4.78, 5) is 12.4. The van der Waals surface area contributed by atoms with Crippen molar-refractivity contribution in [1.82, 2.24) is 5.43 Å². The van der Waals surface area contributed by atoms with Gasteiger partial charge in [-0.1, -0.05) is 68.4 Å². The average molecular weight is 508 g/mol. The van der Waals surface area contributed by atoms with Gasteiger partial charge in [0, 0.05) is 11.1 Å². The lowest BCUT2D eigenvalue weighted by Gasteiger charge is -2.60. The minimum atomic E-state index is -0.291. The normalized spacial score (nSPS) is 25.3. The van der Waals surface area contributed by atoms with Crippen LogP contribution in [0.15, 0.2) is 84.0 Å². The number of rotatable bonds is 7. The van der Waals surface area contributed by atoms with Crippen molar-refractivity contribution in [2.75, 3.05) is 0 Å². The average Bonchev–Trinajstić information content (AvgIpc) is 3.40. The fourth-order valence-electron chi connectivity index (χ4n) is 6.17. The third-order valence-electron chi connectivity index (χ3n) is 8.69. The number of carbonyl (C=O) groups is 1. The van der Waals surface area contributed by atoms with Gasteiger partial charge in [-0.05, 0) is 72.3 Å². The van der Waals surface area contributed by atoms with Crippen LogP contribution in [0.2, 0.25) is 0 Å². The molecule has 1 amide bonds. The summed E-state index contributed by atoms with van der Waals surface area (Å²) in [7, 11) is -0.291. The van der Waals surface area contributed by atoms with E-state index < -0.39 is 0 Å². The van der Waals surface area contributed by atoms with Crippen molar-refractivity contribution in [3.8, 4) is 5.75 Å². The number of hydrogen-bond donors (Lipinski definition) is 1. The van der Waals surface area contributed by atoms with Crippen molar-refractivity contribution in [1.29, 1.82) is 0 Å². The monoisotopic (exact) mass is 508 g/mol. The van der Waals surface area contributed by atoms with E-state index in [-0.39, 0.29) is 25.2 Å². The lowest BCUT2D eigenvalue weighted by atomic mass is 9.47. The van der Waals surface area contributed by atoms with Gasteiger partial charge in [0.15, 0.2) is 0 Å². The maximum atomic E-state index is 12.4. The Morgan fingerprint density at radius 3 is 2.50 bits per heavy atom. The summed E-state index contributed by atoms with van der Waals surface area (Å²) in [6, 6.07) is 25.0. The standard InChI is InChI=1S/C31H33BN2O4/c1-20(33-34-30(35)22-9-5-4-6-10-22)25-11-7-8-12-27(25)36-19-21-13-15-24(16-14-21)32-37-28-18-23-17-26(29(28)38-32)31(23,2)3/h4-16,23,26,28-29H,17-19H2,1-3H3,(H,34,35). The number of amides is 1. The summed E-state index contributed by atoms with van der Waals surface area (Å²) in [5, 5.41) is 4.30. The van der Waals surface area contributed by atoms with E-state index in [2.05, 4.69) is 48.6 Å². The summed E-state index contributed by atoms with van der Waals surface area (Å²) < 4.78 is 18.9. The quantitative estimate of drug-likeness (QED) is 0.278. The van der Waals surface area contributed by atoms with E-state index in [1.165, 1.54) is 6.42 Å². The molecule has 1 aliphatic heterocycles. The third-order valence-corrected chi connectivity index (χ3v) is 8.69. The Kier molecular flexibility index (Phi) is 6.58. The van der Waals surface area contributed by atoms with Crippen molar-refractivity contribution >= 4 is 24.2 Å². The topological polar surface area (TPSA) is 69.2 Å². The van der Waals surface area contributed by atoms with E-state index >= 15 is 0 Å². The number of ether oxygens (including phenoxy) is 1. The number of nitrogens with one attached hydrogen (secondary N) is 1. The molecule has 1 saturated heterocycles. The second-order valence-corrected chi connectivity index (χ2v) is 11.2. The summed E-state index contributed by atoms with van der Waals surface area (Å²) in [5.41, 5.74) is 7.15. The molecule has 3 aliphatic carbocycles. The highest BCUT2D eigenvalue weighted by Gasteiger charge is 2.62. The van der Waals surface area contributed by atoms with Crippen molar-refractivity contribution < 1.29 is 18.8 Å². The highest BCUT2D eigenvalue weighted by molar-refractivity contribution is 6.61. The molecule has 194 valence electrons. The Labute approximate surface area is 224 Å². The number of para-hydroxylation sites is 1. The smallest absolute Gasteiger partial charge is 0.488 e. The van der Waals surface area contributed by atoms with Crippen LogP contribution >= 0.6 is 0 Å². The molecular weight excluding hydrogens is 475 g/mol. The molecule has 4 aliphatic rings. The Morgan fingerprint density at radius 2 is 1.74 bits per heavy atom. The van der Waals surface area contributed by atoms with E-state index in [4.69, 9.17) is 14.0 Å². The Balaban J connectivity index is 1.07. The SMILES string of the molecule is CC(=NNC(=O)c1ccccc1)c1ccccc1OCc1ccc(B2OC3CC4CC(C3O2)C4(C)C)cc1. The number of benzene rings is 3. The highest BCUT2D eigenvalue weighted by Crippen LogP contribution is 2.61. The first-order chi connectivity index (χ1) is 18.4. The van der Waals surface area contributed by atoms with Gasteiger partial charge in [-0.2, -0.15) is 5.10 Å². The Hall–Kier alpha value is -3.42. The van der Waals surface area contributed by atoms with Crippen molar-refractivity contribution in [3.05, 3.63) is 95.6 Å². The molecular formula is C31H33BN2O4. The molecule has 4 unspecified atom stereocenters. The summed E-state index contributed by atoms with van der Waals surface area (Å²) in [6.45, 7) is 7.02. The van der Waals surface area contributed by atoms with Gasteiger partial charge in [0.25, 0.3) is 5.91 Å². The zero-order valence-electron chi connectivity index (χ0n) is 22.1. The van der Waals surface area contributed by atoms with Crippen LogP contribution in [-0.4, -0.2) is 30.9 Å². The Bertz CT molecular complexity index is 1340. The van der Waals surface area contributed by atoms with Crippen LogP contribution in [-0.2, 0) is 15.9 Å². The third kappa shape index (κ3) is 4.65. The molecule has 0 spiro atoms. The van der Waals surface area contributed by atoms with Gasteiger partial charge < -0.3 is 14.0 Å². The molecule has 1 heterocycles. The summed E-state index contributed by atoms with van der Waals surface area (Å²) in [5.74, 6) is 1.81. The second-order valence-electron chi connectivity index (χ2n) is 11.2. The fraction of sp³-hybridized carbons (Fsp3) is 0.355. The van der Waals surface area contributed by atoms with Crippen LogP contribution in [0.25, 0.3) is 0 Å². The van der Waals surface area contributed by atoms with Crippen molar-refractivity contribution in [2.24, 2.45) is 22.4 Å². The molecule has 2 bridgehead atoms. The van der Waals surface area contributed by atoms with E-state index in [0.717, 1.165) is 28.9 Å². The van der Waals surface area contributed by atoms with E-state index in [1.54, 1.807) is 12.1 Å². The molecule has 0 aromatic heterocycles. The first kappa shape index (κ1) is 24.9. The van der Waals surface area contributed by atoms with Crippen molar-refractivity contribution in [2.45, 2.75) is 52.4 Å². The number of hydrazone groups is 1. The first-order valence-corrected chi connectivity index (χ1v) is 13.4. The minimum Gasteiger partial charge on any atom is -0.488 e. The number of nitrogens with zero attached hydrogens (tertiary/aromatic N) is 1. The van der Waals surface area contributed by atoms with Crippen LogP contribution in [0.4, 0.5) is 0 Å². The first-order valence-electron chi connectivity index (χ1n) is 13.4. The molecule has 4 fully saturated rings. The molecule has 3 aromatic carbocycles. The zero-order chi connectivity index (χ0) is 26.3.